The summed E-state index contributed by atoms with van der Waals surface area (Å²) in [6.45, 7) is 6.18. The molecule has 0 N–H and O–H groups in total. The van der Waals surface area contributed by atoms with Crippen LogP contribution in [0.2, 0.25) is 0 Å². The van der Waals surface area contributed by atoms with Gasteiger partial charge in [-0.05, 0) is 24.4 Å². The number of aromatic nitrogens is 1. The number of benzene rings is 2. The van der Waals surface area contributed by atoms with Crippen LogP contribution >= 0.6 is 0 Å². The Morgan fingerprint density at radius 2 is 1.58 bits per heavy atom. The van der Waals surface area contributed by atoms with E-state index < -0.39 is 15.6 Å². The summed E-state index contributed by atoms with van der Waals surface area (Å²) in [6, 6.07) is 16.0. The van der Waals surface area contributed by atoms with Gasteiger partial charge in [-0.25, -0.2) is 8.42 Å². The molecule has 0 saturated heterocycles. The van der Waals surface area contributed by atoms with E-state index in [0.717, 1.165) is 21.0 Å². The van der Waals surface area contributed by atoms with Gasteiger partial charge >= 0.3 is 0 Å². The zero-order valence-corrected chi connectivity index (χ0v) is 18.8. The van der Waals surface area contributed by atoms with E-state index >= 15 is 0 Å². The van der Waals surface area contributed by atoms with E-state index in [9.17, 15) is 18.0 Å². The van der Waals surface area contributed by atoms with E-state index in [1.807, 2.05) is 49.4 Å². The third-order valence-corrected chi connectivity index (χ3v) is 7.31. The smallest absolute Gasteiger partial charge is 0.251 e. The van der Waals surface area contributed by atoms with E-state index in [4.69, 9.17) is 0 Å². The van der Waals surface area contributed by atoms with Gasteiger partial charge in [0.05, 0.1) is 10.6 Å². The number of amides is 1. The zero-order chi connectivity index (χ0) is 22.6. The number of fused-ring (bicyclic) bond motifs is 1. The molecule has 0 aliphatic rings. The number of carbonyl (C=O) groups excluding carboxylic acids is 1. The minimum Gasteiger partial charge on any atom is -0.311 e. The van der Waals surface area contributed by atoms with Crippen molar-refractivity contribution in [3.05, 3.63) is 71.1 Å². The molecule has 164 valence electrons. The van der Waals surface area contributed by atoms with Crippen LogP contribution in [0.3, 0.4) is 0 Å². The SMILES string of the molecule is CCN(C(=O)Cn1cc(S(=O)(=O)N(CC)CC)ccc1=O)c1cccc2ccccc12. The lowest BCUT2D eigenvalue weighted by molar-refractivity contribution is -0.119. The molecule has 2 aromatic carbocycles. The molecule has 0 bridgehead atoms. The minimum atomic E-state index is -3.73. The number of nitrogens with zero attached hydrogens (tertiary/aromatic N) is 3. The second-order valence-electron chi connectivity index (χ2n) is 7.06. The Kier molecular flexibility index (Phi) is 6.92. The van der Waals surface area contributed by atoms with Crippen molar-refractivity contribution in [3.8, 4) is 0 Å². The van der Waals surface area contributed by atoms with Gasteiger partial charge in [-0.2, -0.15) is 4.31 Å². The highest BCUT2D eigenvalue weighted by atomic mass is 32.2. The van der Waals surface area contributed by atoms with E-state index in [-0.39, 0.29) is 17.3 Å². The van der Waals surface area contributed by atoms with E-state index in [1.54, 1.807) is 18.7 Å². The summed E-state index contributed by atoms with van der Waals surface area (Å²) < 4.78 is 28.1. The van der Waals surface area contributed by atoms with Crippen LogP contribution in [0.25, 0.3) is 10.8 Å². The number of hydrogen-bond donors (Lipinski definition) is 0. The Balaban J connectivity index is 1.96. The van der Waals surface area contributed by atoms with Gasteiger partial charge in [0.25, 0.3) is 5.56 Å². The number of anilines is 1. The second kappa shape index (κ2) is 9.45. The maximum absolute atomic E-state index is 13.2. The quantitative estimate of drug-likeness (QED) is 0.538. The van der Waals surface area contributed by atoms with Crippen LogP contribution in [0, 0.1) is 0 Å². The summed E-state index contributed by atoms with van der Waals surface area (Å²) in [5.74, 6) is -0.293. The van der Waals surface area contributed by atoms with E-state index in [1.165, 1.54) is 22.6 Å². The Bertz CT molecular complexity index is 1240. The molecule has 1 amide bonds. The number of rotatable bonds is 8. The first-order chi connectivity index (χ1) is 14.8. The molecular formula is C23H27N3O4S. The van der Waals surface area contributed by atoms with E-state index in [2.05, 4.69) is 0 Å². The largest absolute Gasteiger partial charge is 0.311 e. The highest BCUT2D eigenvalue weighted by Gasteiger charge is 2.23. The lowest BCUT2D eigenvalue weighted by atomic mass is 10.1. The Labute approximate surface area is 182 Å². The van der Waals surface area contributed by atoms with Crippen LogP contribution < -0.4 is 10.5 Å². The number of likely N-dealkylation sites (N-methyl/N-ethyl adjacent to an activating group) is 1. The number of sulfonamides is 1. The minimum absolute atomic E-state index is 0.00295. The number of pyridine rings is 1. The van der Waals surface area contributed by atoms with E-state index in [0.29, 0.717) is 19.6 Å². The highest BCUT2D eigenvalue weighted by Crippen LogP contribution is 2.27. The van der Waals surface area contributed by atoms with Crippen molar-refractivity contribution in [2.75, 3.05) is 24.5 Å². The molecule has 31 heavy (non-hydrogen) atoms. The molecule has 3 aromatic rings. The summed E-state index contributed by atoms with van der Waals surface area (Å²) in [5, 5.41) is 1.95. The molecule has 0 unspecified atom stereocenters. The van der Waals surface area contributed by atoms with Gasteiger partial charge in [0.15, 0.2) is 0 Å². The van der Waals surface area contributed by atoms with Crippen LogP contribution in [0.5, 0.6) is 0 Å². The normalized spacial score (nSPS) is 11.7. The third-order valence-electron chi connectivity index (χ3n) is 5.28. The number of hydrogen-bond acceptors (Lipinski definition) is 4. The first kappa shape index (κ1) is 22.7. The summed E-state index contributed by atoms with van der Waals surface area (Å²) >= 11 is 0. The molecular weight excluding hydrogens is 414 g/mol. The van der Waals surface area contributed by atoms with Gasteiger partial charge in [-0.15, -0.1) is 0 Å². The summed E-state index contributed by atoms with van der Waals surface area (Å²) in [6.07, 6.45) is 1.25. The van der Waals surface area contributed by atoms with Crippen LogP contribution in [0.4, 0.5) is 5.69 Å². The first-order valence-corrected chi connectivity index (χ1v) is 11.8. The van der Waals surface area contributed by atoms with Crippen molar-refractivity contribution in [2.45, 2.75) is 32.2 Å². The molecule has 1 heterocycles. The van der Waals surface area contributed by atoms with Crippen molar-refractivity contribution in [1.29, 1.82) is 0 Å². The molecule has 3 rings (SSSR count). The van der Waals surface area contributed by atoms with Crippen LogP contribution in [-0.2, 0) is 21.4 Å². The molecule has 0 aliphatic heterocycles. The Hall–Kier alpha value is -2.97. The fraction of sp³-hybridized carbons (Fsp3) is 0.304. The van der Waals surface area contributed by atoms with Crippen LogP contribution in [-0.4, -0.2) is 42.8 Å². The topological polar surface area (TPSA) is 79.7 Å². The number of carbonyl (C=O) groups is 1. The summed E-state index contributed by atoms with van der Waals surface area (Å²) in [5.41, 5.74) is 0.325. The standard InChI is InChI=1S/C23H27N3O4S/c1-4-25(5-2)31(29,30)19-14-15-22(27)24(16-19)17-23(28)26(6-3)21-13-9-11-18-10-7-8-12-20(18)21/h7-16H,4-6,17H2,1-3H3. The van der Waals surface area contributed by atoms with Crippen molar-refractivity contribution in [3.63, 3.8) is 0 Å². The average Bonchev–Trinajstić information content (AvgIpc) is 2.76. The highest BCUT2D eigenvalue weighted by molar-refractivity contribution is 7.89. The predicted molar refractivity (Wildman–Crippen MR) is 123 cm³/mol. The van der Waals surface area contributed by atoms with Crippen molar-refractivity contribution in [1.82, 2.24) is 8.87 Å². The van der Waals surface area contributed by atoms with Gasteiger partial charge in [-0.3, -0.25) is 9.59 Å². The van der Waals surface area contributed by atoms with Gasteiger partial charge in [0.2, 0.25) is 15.9 Å². The van der Waals surface area contributed by atoms with Crippen molar-refractivity contribution < 1.29 is 13.2 Å². The van der Waals surface area contributed by atoms with Crippen LogP contribution in [0.1, 0.15) is 20.8 Å². The second-order valence-corrected chi connectivity index (χ2v) is 8.99. The lowest BCUT2D eigenvalue weighted by Gasteiger charge is -2.23. The van der Waals surface area contributed by atoms with Crippen LogP contribution in [0.15, 0.2) is 70.5 Å². The molecule has 1 aromatic heterocycles. The summed E-state index contributed by atoms with van der Waals surface area (Å²) in [4.78, 5) is 27.1. The summed E-state index contributed by atoms with van der Waals surface area (Å²) in [7, 11) is -3.73. The lowest BCUT2D eigenvalue weighted by Crippen LogP contribution is -2.37. The van der Waals surface area contributed by atoms with Gasteiger partial charge in [0, 0.05) is 37.3 Å². The maximum atomic E-state index is 13.2. The zero-order valence-electron chi connectivity index (χ0n) is 18.0. The molecule has 0 atom stereocenters. The van der Waals surface area contributed by atoms with Gasteiger partial charge in [0.1, 0.15) is 6.54 Å². The van der Waals surface area contributed by atoms with Gasteiger partial charge in [-0.1, -0.05) is 50.2 Å². The van der Waals surface area contributed by atoms with Crippen molar-refractivity contribution >= 4 is 32.4 Å². The molecule has 0 spiro atoms. The molecule has 0 fully saturated rings. The molecule has 0 aliphatic carbocycles. The van der Waals surface area contributed by atoms with Gasteiger partial charge < -0.3 is 9.47 Å². The Morgan fingerprint density at radius 1 is 0.903 bits per heavy atom. The fourth-order valence-corrected chi connectivity index (χ4v) is 5.13. The molecule has 0 radical (unpaired) electrons. The molecule has 8 heteroatoms. The fourth-order valence-electron chi connectivity index (χ4n) is 3.65. The molecule has 7 nitrogen and oxygen atoms in total. The Morgan fingerprint density at radius 3 is 2.26 bits per heavy atom. The molecule has 0 saturated carbocycles. The predicted octanol–water partition coefficient (Wildman–Crippen LogP) is 3.09. The maximum Gasteiger partial charge on any atom is 0.251 e. The third kappa shape index (κ3) is 4.55. The average molecular weight is 442 g/mol. The monoisotopic (exact) mass is 441 g/mol. The first-order valence-electron chi connectivity index (χ1n) is 10.3. The van der Waals surface area contributed by atoms with Crippen molar-refractivity contribution in [2.24, 2.45) is 0 Å².